The van der Waals surface area contributed by atoms with Crippen LogP contribution in [-0.2, 0) is 11.3 Å². The molecule has 3 rings (SSSR count). The van der Waals surface area contributed by atoms with Crippen LogP contribution >= 0.6 is 0 Å². The summed E-state index contributed by atoms with van der Waals surface area (Å²) in [5.74, 6) is 1.91. The van der Waals surface area contributed by atoms with Gasteiger partial charge in [-0.15, -0.1) is 0 Å². The van der Waals surface area contributed by atoms with E-state index in [1.54, 1.807) is 12.4 Å². The molecule has 3 heterocycles. The summed E-state index contributed by atoms with van der Waals surface area (Å²) in [7, 11) is 0. The number of hydrogen-bond acceptors (Lipinski definition) is 5. The molecule has 1 aliphatic heterocycles. The highest BCUT2D eigenvalue weighted by atomic mass is 16.2. The Hall–Kier alpha value is -3.10. The van der Waals surface area contributed by atoms with Crippen molar-refractivity contribution in [3.8, 4) is 0 Å². The van der Waals surface area contributed by atoms with Gasteiger partial charge in [-0.3, -0.25) is 14.5 Å². The van der Waals surface area contributed by atoms with E-state index in [0.717, 1.165) is 57.5 Å². The second kappa shape index (κ2) is 11.8. The zero-order valence-electron chi connectivity index (χ0n) is 17.7. The maximum Gasteiger partial charge on any atom is 0.224 e. The summed E-state index contributed by atoms with van der Waals surface area (Å²) < 4.78 is 1.90. The van der Waals surface area contributed by atoms with Crippen LogP contribution in [-0.4, -0.2) is 77.3 Å². The summed E-state index contributed by atoms with van der Waals surface area (Å²) >= 11 is 0. The van der Waals surface area contributed by atoms with E-state index >= 15 is 0 Å². The number of rotatable bonds is 9. The third-order valence-corrected chi connectivity index (χ3v) is 4.96. The third kappa shape index (κ3) is 6.75. The van der Waals surface area contributed by atoms with E-state index in [1.807, 2.05) is 47.0 Å². The van der Waals surface area contributed by atoms with Crippen LogP contribution < -0.4 is 15.5 Å². The predicted octanol–water partition coefficient (Wildman–Crippen LogP) is 0.962. The molecule has 0 saturated carbocycles. The Morgan fingerprint density at radius 3 is 2.70 bits per heavy atom. The second-order valence-corrected chi connectivity index (χ2v) is 7.12. The first kappa shape index (κ1) is 21.6. The van der Waals surface area contributed by atoms with Crippen molar-refractivity contribution in [2.45, 2.75) is 26.3 Å². The minimum atomic E-state index is 0.178. The average Bonchev–Trinajstić information content (AvgIpc) is 3.31. The number of nitrogens with zero attached hydrogens (tertiary/aromatic N) is 6. The molecule has 9 heteroatoms. The van der Waals surface area contributed by atoms with Gasteiger partial charge in [0, 0.05) is 77.4 Å². The molecular formula is C21H32N8O. The van der Waals surface area contributed by atoms with Crippen molar-refractivity contribution in [2.24, 2.45) is 4.99 Å². The lowest BCUT2D eigenvalue weighted by Crippen LogP contribution is -2.49. The smallest absolute Gasteiger partial charge is 0.224 e. The van der Waals surface area contributed by atoms with Crippen LogP contribution in [0, 0.1) is 0 Å². The molecule has 30 heavy (non-hydrogen) atoms. The van der Waals surface area contributed by atoms with Gasteiger partial charge in [0.2, 0.25) is 5.91 Å². The molecule has 2 N–H and O–H groups in total. The molecule has 0 aliphatic carbocycles. The number of aryl methyl sites for hydroxylation is 1. The van der Waals surface area contributed by atoms with Gasteiger partial charge < -0.3 is 20.4 Å². The van der Waals surface area contributed by atoms with Gasteiger partial charge in [0.15, 0.2) is 5.96 Å². The zero-order chi connectivity index (χ0) is 21.0. The lowest BCUT2D eigenvalue weighted by Gasteiger charge is -2.35. The number of amides is 1. The van der Waals surface area contributed by atoms with E-state index in [9.17, 15) is 4.79 Å². The number of carbonyl (C=O) groups excluding carboxylic acids is 1. The molecule has 1 amide bonds. The van der Waals surface area contributed by atoms with E-state index in [1.165, 1.54) is 0 Å². The number of hydrogen-bond donors (Lipinski definition) is 2. The quantitative estimate of drug-likeness (QED) is 0.362. The first-order valence-electron chi connectivity index (χ1n) is 10.7. The Balaban J connectivity index is 1.35. The molecular weight excluding hydrogens is 380 g/mol. The molecule has 1 fully saturated rings. The summed E-state index contributed by atoms with van der Waals surface area (Å²) in [4.78, 5) is 25.7. The van der Waals surface area contributed by atoms with Gasteiger partial charge in [-0.1, -0.05) is 6.07 Å². The fourth-order valence-corrected chi connectivity index (χ4v) is 3.37. The lowest BCUT2D eigenvalue weighted by atomic mass is 10.2. The molecule has 162 valence electrons. The molecule has 2 aromatic heterocycles. The Morgan fingerprint density at radius 1 is 1.13 bits per heavy atom. The molecule has 9 nitrogen and oxygen atoms in total. The SMILES string of the molecule is CCNC(=NCCCn1cccn1)NCCC(=O)N1CCN(c2ccccn2)CC1. The van der Waals surface area contributed by atoms with Gasteiger partial charge in [-0.05, 0) is 31.5 Å². The minimum Gasteiger partial charge on any atom is -0.357 e. The molecule has 0 radical (unpaired) electrons. The van der Waals surface area contributed by atoms with Crippen molar-refractivity contribution < 1.29 is 4.79 Å². The number of aromatic nitrogens is 3. The number of nitrogens with one attached hydrogen (secondary N) is 2. The second-order valence-electron chi connectivity index (χ2n) is 7.12. The number of pyridine rings is 1. The summed E-state index contributed by atoms with van der Waals surface area (Å²) in [6.07, 6.45) is 6.91. The van der Waals surface area contributed by atoms with Crippen molar-refractivity contribution >= 4 is 17.7 Å². The average molecular weight is 413 g/mol. The highest BCUT2D eigenvalue weighted by molar-refractivity contribution is 5.81. The molecule has 0 bridgehead atoms. The highest BCUT2D eigenvalue weighted by Gasteiger charge is 2.21. The first-order chi connectivity index (χ1) is 14.8. The molecule has 0 spiro atoms. The Labute approximate surface area is 178 Å². The number of guanidine groups is 1. The lowest BCUT2D eigenvalue weighted by molar-refractivity contribution is -0.131. The Kier molecular flexibility index (Phi) is 8.49. The maximum atomic E-state index is 12.6. The van der Waals surface area contributed by atoms with Crippen LogP contribution in [0.2, 0.25) is 0 Å². The maximum absolute atomic E-state index is 12.6. The summed E-state index contributed by atoms with van der Waals surface area (Å²) in [6.45, 7) is 8.05. The van der Waals surface area contributed by atoms with Gasteiger partial charge in [-0.25, -0.2) is 4.98 Å². The van der Waals surface area contributed by atoms with Crippen molar-refractivity contribution in [3.63, 3.8) is 0 Å². The fourth-order valence-electron chi connectivity index (χ4n) is 3.37. The first-order valence-corrected chi connectivity index (χ1v) is 10.7. The number of piperazine rings is 1. The van der Waals surface area contributed by atoms with E-state index in [2.05, 4.69) is 30.6 Å². The van der Waals surface area contributed by atoms with Crippen LogP contribution in [0.4, 0.5) is 5.82 Å². The molecule has 1 aliphatic rings. The van der Waals surface area contributed by atoms with Gasteiger partial charge in [0.05, 0.1) is 0 Å². The number of carbonyl (C=O) groups is 1. The van der Waals surface area contributed by atoms with Gasteiger partial charge in [0.1, 0.15) is 5.82 Å². The van der Waals surface area contributed by atoms with Crippen molar-refractivity contribution in [1.82, 2.24) is 30.3 Å². The normalized spacial score (nSPS) is 14.6. The summed E-state index contributed by atoms with van der Waals surface area (Å²) in [5, 5.41) is 10.7. The Morgan fingerprint density at radius 2 is 2.00 bits per heavy atom. The molecule has 0 atom stereocenters. The third-order valence-electron chi connectivity index (χ3n) is 4.96. The topological polar surface area (TPSA) is 90.7 Å². The zero-order valence-corrected chi connectivity index (χ0v) is 17.7. The van der Waals surface area contributed by atoms with Crippen molar-refractivity contribution in [2.75, 3.05) is 50.7 Å². The van der Waals surface area contributed by atoms with Gasteiger partial charge in [0.25, 0.3) is 0 Å². The van der Waals surface area contributed by atoms with Crippen molar-refractivity contribution in [1.29, 1.82) is 0 Å². The molecule has 0 unspecified atom stereocenters. The number of aliphatic imine (C=N–C) groups is 1. The summed E-state index contributed by atoms with van der Waals surface area (Å²) in [6, 6.07) is 7.84. The minimum absolute atomic E-state index is 0.178. The van der Waals surface area contributed by atoms with E-state index in [4.69, 9.17) is 0 Å². The standard InChI is InChI=1S/C21H32N8O/c1-2-22-21(24-10-5-13-29-14-6-11-26-29)25-12-8-20(30)28-17-15-27(16-18-28)19-7-3-4-9-23-19/h3-4,6-7,9,11,14H,2,5,8,10,12-13,15-18H2,1H3,(H2,22,24,25). The fraction of sp³-hybridized carbons (Fsp3) is 0.524. The molecule has 1 saturated heterocycles. The largest absolute Gasteiger partial charge is 0.357 e. The Bertz CT molecular complexity index is 770. The monoisotopic (exact) mass is 412 g/mol. The number of anilines is 1. The van der Waals surface area contributed by atoms with Crippen LogP contribution in [0.3, 0.4) is 0 Å². The summed E-state index contributed by atoms with van der Waals surface area (Å²) in [5.41, 5.74) is 0. The van der Waals surface area contributed by atoms with Gasteiger partial charge in [-0.2, -0.15) is 5.10 Å². The highest BCUT2D eigenvalue weighted by Crippen LogP contribution is 2.12. The van der Waals surface area contributed by atoms with Crippen LogP contribution in [0.5, 0.6) is 0 Å². The van der Waals surface area contributed by atoms with E-state index in [0.29, 0.717) is 19.5 Å². The van der Waals surface area contributed by atoms with Crippen LogP contribution in [0.1, 0.15) is 19.8 Å². The van der Waals surface area contributed by atoms with E-state index < -0.39 is 0 Å². The van der Waals surface area contributed by atoms with Crippen molar-refractivity contribution in [3.05, 3.63) is 42.9 Å². The van der Waals surface area contributed by atoms with Gasteiger partial charge >= 0.3 is 0 Å². The molecule has 0 aromatic carbocycles. The van der Waals surface area contributed by atoms with Crippen LogP contribution in [0.15, 0.2) is 47.8 Å². The predicted molar refractivity (Wildman–Crippen MR) is 118 cm³/mol. The van der Waals surface area contributed by atoms with Crippen LogP contribution in [0.25, 0.3) is 0 Å². The molecule has 2 aromatic rings. The van der Waals surface area contributed by atoms with E-state index in [-0.39, 0.29) is 5.91 Å².